The Kier molecular flexibility index (Phi) is 7.98. The predicted molar refractivity (Wildman–Crippen MR) is 192 cm³/mol. The minimum Gasteiger partial charge on any atom is -0.507 e. The Bertz CT molecular complexity index is 2200. The van der Waals surface area contributed by atoms with Crippen molar-refractivity contribution in [3.63, 3.8) is 0 Å². The lowest BCUT2D eigenvalue weighted by Gasteiger charge is -2.21. The molecule has 0 unspecified atom stereocenters. The number of nitrogens with zero attached hydrogens (tertiary/aromatic N) is 1. The third kappa shape index (κ3) is 6.15. The molecular weight excluding hydrogens is 641 g/mol. The molecule has 1 aliphatic heterocycles. The number of fused-ring (bicyclic) bond motifs is 2. The van der Waals surface area contributed by atoms with Crippen LogP contribution in [0.3, 0.4) is 0 Å². The minimum absolute atomic E-state index is 0.0146. The summed E-state index contributed by atoms with van der Waals surface area (Å²) in [6.45, 7) is 5.97. The molecule has 5 aromatic rings. The van der Waals surface area contributed by atoms with Gasteiger partial charge in [-0.25, -0.2) is 4.98 Å². The molecule has 1 aliphatic carbocycles. The van der Waals surface area contributed by atoms with E-state index in [2.05, 4.69) is 20.9 Å². The number of ketones is 1. The molecule has 2 aliphatic rings. The molecule has 10 heteroatoms. The van der Waals surface area contributed by atoms with Gasteiger partial charge in [0.15, 0.2) is 0 Å². The molecule has 8 nitrogen and oxygen atoms in total. The van der Waals surface area contributed by atoms with Crippen LogP contribution in [-0.2, 0) is 10.2 Å². The highest BCUT2D eigenvalue weighted by molar-refractivity contribution is 8.03. The number of phenols is 1. The van der Waals surface area contributed by atoms with Gasteiger partial charge in [0, 0.05) is 27.8 Å². The van der Waals surface area contributed by atoms with Crippen molar-refractivity contribution in [2.24, 2.45) is 0 Å². The molecule has 48 heavy (non-hydrogen) atoms. The SMILES string of the molecule is CC(C)(C)c1cc(C(=O)NC2=CC=C/C(=C3\Nc4ccccc4S3)C2=O)cc(C(=O)Nc2ccc(-c3nc4ccccc4s3)c(O)c2)c1. The summed E-state index contributed by atoms with van der Waals surface area (Å²) in [5.41, 5.74) is 4.20. The highest BCUT2D eigenvalue weighted by Crippen LogP contribution is 2.43. The van der Waals surface area contributed by atoms with Crippen molar-refractivity contribution in [1.82, 2.24) is 10.3 Å². The number of aromatic hydroxyl groups is 1. The average Bonchev–Trinajstić information content (AvgIpc) is 3.69. The van der Waals surface area contributed by atoms with Crippen molar-refractivity contribution in [2.75, 3.05) is 10.6 Å². The first-order valence-corrected chi connectivity index (χ1v) is 16.9. The van der Waals surface area contributed by atoms with Gasteiger partial charge in [0.05, 0.1) is 37.8 Å². The smallest absolute Gasteiger partial charge is 0.255 e. The zero-order chi connectivity index (χ0) is 33.6. The monoisotopic (exact) mass is 670 g/mol. The molecule has 4 N–H and O–H groups in total. The second-order valence-electron chi connectivity index (χ2n) is 12.4. The van der Waals surface area contributed by atoms with Crippen molar-refractivity contribution in [1.29, 1.82) is 0 Å². The van der Waals surface area contributed by atoms with E-state index in [9.17, 15) is 19.5 Å². The number of allylic oxidation sites excluding steroid dienone is 4. The van der Waals surface area contributed by atoms with Gasteiger partial charge in [0.2, 0.25) is 5.78 Å². The summed E-state index contributed by atoms with van der Waals surface area (Å²) >= 11 is 2.94. The maximum Gasteiger partial charge on any atom is 0.255 e. The molecule has 4 aromatic carbocycles. The summed E-state index contributed by atoms with van der Waals surface area (Å²) in [6, 6.07) is 25.4. The van der Waals surface area contributed by atoms with Gasteiger partial charge in [-0.15, -0.1) is 11.3 Å². The molecular formula is C38H30N4O4S2. The Hall–Kier alpha value is -5.45. The van der Waals surface area contributed by atoms with Gasteiger partial charge in [-0.2, -0.15) is 0 Å². The fourth-order valence-electron chi connectivity index (χ4n) is 5.35. The molecule has 7 rings (SSSR count). The second kappa shape index (κ2) is 12.3. The van der Waals surface area contributed by atoms with E-state index < -0.39 is 11.8 Å². The largest absolute Gasteiger partial charge is 0.507 e. The number of amides is 2. The molecule has 0 spiro atoms. The van der Waals surface area contributed by atoms with E-state index in [1.165, 1.54) is 35.2 Å². The third-order valence-electron chi connectivity index (χ3n) is 7.96. The average molecular weight is 671 g/mol. The minimum atomic E-state index is -0.512. The summed E-state index contributed by atoms with van der Waals surface area (Å²) < 4.78 is 1.01. The lowest BCUT2D eigenvalue weighted by Crippen LogP contribution is -2.30. The van der Waals surface area contributed by atoms with E-state index in [1.54, 1.807) is 42.5 Å². The third-order valence-corrected chi connectivity index (χ3v) is 10.1. The lowest BCUT2D eigenvalue weighted by atomic mass is 9.84. The predicted octanol–water partition coefficient (Wildman–Crippen LogP) is 8.40. The molecule has 0 radical (unpaired) electrons. The Morgan fingerprint density at radius 1 is 0.875 bits per heavy atom. The first kappa shape index (κ1) is 31.2. The van der Waals surface area contributed by atoms with Crippen LogP contribution in [0.25, 0.3) is 20.8 Å². The number of hydrogen-bond donors (Lipinski definition) is 4. The van der Waals surface area contributed by atoms with Crippen LogP contribution in [0, 0.1) is 0 Å². The molecule has 1 aromatic heterocycles. The standard InChI is InChI=1S/C38H30N4O4S2/c1-38(2,3)23-18-21(34(45)39-24-15-16-25(30(43)20-24)36-41-27-10-4-6-13-31(27)47-36)17-22(19-23)35(46)40-29-12-8-9-26(33(29)44)37-42-28-11-5-7-14-32(28)48-37/h4-20,42-43H,1-3H3,(H,39,45)(H,40,46)/b37-26-. The number of thiazole rings is 1. The Labute approximate surface area is 285 Å². The normalized spacial score (nSPS) is 15.6. The van der Waals surface area contributed by atoms with Gasteiger partial charge in [0.25, 0.3) is 11.8 Å². The Morgan fingerprint density at radius 3 is 2.33 bits per heavy atom. The van der Waals surface area contributed by atoms with Crippen molar-refractivity contribution in [2.45, 2.75) is 31.1 Å². The maximum atomic E-state index is 13.6. The number of rotatable bonds is 5. The number of para-hydroxylation sites is 2. The van der Waals surface area contributed by atoms with Crippen LogP contribution in [0.4, 0.5) is 11.4 Å². The van der Waals surface area contributed by atoms with Crippen molar-refractivity contribution in [3.05, 3.63) is 136 Å². The van der Waals surface area contributed by atoms with Gasteiger partial charge < -0.3 is 21.1 Å². The van der Waals surface area contributed by atoms with Crippen LogP contribution >= 0.6 is 23.1 Å². The number of anilines is 2. The van der Waals surface area contributed by atoms with E-state index >= 15 is 0 Å². The zero-order valence-corrected chi connectivity index (χ0v) is 27.9. The summed E-state index contributed by atoms with van der Waals surface area (Å²) in [7, 11) is 0. The topological polar surface area (TPSA) is 120 Å². The van der Waals surface area contributed by atoms with Crippen molar-refractivity contribution >= 4 is 62.3 Å². The molecule has 0 saturated carbocycles. The number of nitrogens with one attached hydrogen (secondary N) is 3. The molecule has 0 fully saturated rings. The molecule has 0 atom stereocenters. The first-order valence-electron chi connectivity index (χ1n) is 15.2. The van der Waals surface area contributed by atoms with Crippen LogP contribution < -0.4 is 16.0 Å². The molecule has 0 saturated heterocycles. The highest BCUT2D eigenvalue weighted by atomic mass is 32.2. The molecule has 2 heterocycles. The van der Waals surface area contributed by atoms with Crippen LogP contribution in [0.5, 0.6) is 5.75 Å². The quantitative estimate of drug-likeness (QED) is 0.139. The van der Waals surface area contributed by atoms with Gasteiger partial charge >= 0.3 is 0 Å². The van der Waals surface area contributed by atoms with Crippen molar-refractivity contribution in [3.8, 4) is 16.3 Å². The molecule has 2 amide bonds. The second-order valence-corrected chi connectivity index (χ2v) is 14.5. The van der Waals surface area contributed by atoms with Gasteiger partial charge in [-0.05, 0) is 77.7 Å². The number of hydrogen-bond acceptors (Lipinski definition) is 8. The number of carbonyl (C=O) groups is 3. The fraction of sp³-hybridized carbons (Fsp3) is 0.105. The molecule has 238 valence electrons. The van der Waals surface area contributed by atoms with E-state index in [1.807, 2.05) is 69.3 Å². The van der Waals surface area contributed by atoms with E-state index in [0.29, 0.717) is 26.9 Å². The fourth-order valence-corrected chi connectivity index (χ4v) is 7.38. The van der Waals surface area contributed by atoms with Gasteiger partial charge in [-0.1, -0.05) is 62.9 Å². The zero-order valence-electron chi connectivity index (χ0n) is 26.3. The number of phenolic OH excluding ortho intramolecular Hbond substituents is 1. The Balaban J connectivity index is 1.11. The summed E-state index contributed by atoms with van der Waals surface area (Å²) in [5.74, 6) is -1.29. The number of carbonyl (C=O) groups excluding carboxylic acids is 3. The number of benzene rings is 4. The highest BCUT2D eigenvalue weighted by Gasteiger charge is 2.27. The van der Waals surface area contributed by atoms with E-state index in [-0.39, 0.29) is 33.8 Å². The summed E-state index contributed by atoms with van der Waals surface area (Å²) in [6.07, 6.45) is 5.03. The van der Waals surface area contributed by atoms with Gasteiger partial charge in [-0.3, -0.25) is 14.4 Å². The van der Waals surface area contributed by atoms with Crippen LogP contribution in [0.1, 0.15) is 47.1 Å². The van der Waals surface area contributed by atoms with E-state index in [0.717, 1.165) is 26.4 Å². The number of thioether (sulfide) groups is 1. The molecule has 0 bridgehead atoms. The summed E-state index contributed by atoms with van der Waals surface area (Å²) in [5, 5.41) is 21.1. The van der Waals surface area contributed by atoms with Crippen LogP contribution in [0.15, 0.2) is 124 Å². The first-order chi connectivity index (χ1) is 23.0. The van der Waals surface area contributed by atoms with Crippen LogP contribution in [0.2, 0.25) is 0 Å². The maximum absolute atomic E-state index is 13.6. The lowest BCUT2D eigenvalue weighted by molar-refractivity contribution is -0.112. The van der Waals surface area contributed by atoms with Crippen LogP contribution in [-0.4, -0.2) is 27.7 Å². The number of Topliss-reactive ketones (excluding diaryl/α,β-unsaturated/α-hetero) is 1. The van der Waals surface area contributed by atoms with Crippen molar-refractivity contribution < 1.29 is 19.5 Å². The summed E-state index contributed by atoms with van der Waals surface area (Å²) in [4.78, 5) is 46.3. The number of aromatic nitrogens is 1. The van der Waals surface area contributed by atoms with E-state index in [4.69, 9.17) is 0 Å². The van der Waals surface area contributed by atoms with Gasteiger partial charge in [0.1, 0.15) is 10.8 Å². The Morgan fingerprint density at radius 2 is 1.60 bits per heavy atom.